The Balaban J connectivity index is 1.50. The molecule has 0 N–H and O–H groups in total. The summed E-state index contributed by atoms with van der Waals surface area (Å²) in [5, 5.41) is 0. The Hall–Kier alpha value is -5.42. The van der Waals surface area contributed by atoms with Crippen molar-refractivity contribution >= 4 is 30.2 Å². The molecule has 0 aliphatic heterocycles. The van der Waals surface area contributed by atoms with Gasteiger partial charge in [-0.05, 0) is 34.9 Å². The molecule has 0 radical (unpaired) electrons. The Morgan fingerprint density at radius 3 is 1.21 bits per heavy atom. The number of hydrogen-bond donors (Lipinski definition) is 0. The molecule has 0 saturated carbocycles. The van der Waals surface area contributed by atoms with Gasteiger partial charge in [0.2, 0.25) is 0 Å². The highest BCUT2D eigenvalue weighted by Gasteiger charge is 2.10. The second-order valence-electron chi connectivity index (χ2n) is 8.28. The van der Waals surface area contributed by atoms with E-state index in [1.54, 1.807) is 18.2 Å². The van der Waals surface area contributed by atoms with E-state index in [2.05, 4.69) is 6.58 Å². The van der Waals surface area contributed by atoms with E-state index in [4.69, 9.17) is 14.2 Å². The zero-order valence-electron chi connectivity index (χ0n) is 21.1. The predicted molar refractivity (Wildman–Crippen MR) is 154 cm³/mol. The van der Waals surface area contributed by atoms with Gasteiger partial charge in [-0.2, -0.15) is 0 Å². The number of hydrogen-bond acceptors (Lipinski definition) is 5. The molecule has 5 nitrogen and oxygen atoms in total. The van der Waals surface area contributed by atoms with Gasteiger partial charge in [-0.15, -0.1) is 0 Å². The van der Waals surface area contributed by atoms with Crippen molar-refractivity contribution in [1.29, 1.82) is 0 Å². The first-order chi connectivity index (χ1) is 19.0. The zero-order valence-corrected chi connectivity index (χ0v) is 21.1. The SMILES string of the molecule is C=C(/C=C/c1ccccc1)Oc1cc(OC(=O)/C=C/c2ccccc2)cc(OC(=O)/C=C/c2ccccc2)c1. The lowest BCUT2D eigenvalue weighted by atomic mass is 10.2. The molecule has 39 heavy (non-hydrogen) atoms. The minimum absolute atomic E-state index is 0.143. The molecule has 0 amide bonds. The molecule has 0 spiro atoms. The van der Waals surface area contributed by atoms with Gasteiger partial charge in [-0.25, -0.2) is 9.59 Å². The van der Waals surface area contributed by atoms with Crippen LogP contribution in [0, 0.1) is 0 Å². The Labute approximate surface area is 227 Å². The van der Waals surface area contributed by atoms with E-state index in [1.165, 1.54) is 30.4 Å². The van der Waals surface area contributed by atoms with Crippen LogP contribution in [-0.2, 0) is 9.59 Å². The van der Waals surface area contributed by atoms with Crippen LogP contribution in [0.5, 0.6) is 17.2 Å². The molecule has 0 atom stereocenters. The van der Waals surface area contributed by atoms with Gasteiger partial charge >= 0.3 is 11.9 Å². The lowest BCUT2D eigenvalue weighted by Gasteiger charge is -2.11. The lowest BCUT2D eigenvalue weighted by Crippen LogP contribution is -2.07. The molecular formula is C34H26O5. The molecular weight excluding hydrogens is 488 g/mol. The smallest absolute Gasteiger partial charge is 0.336 e. The molecule has 0 heterocycles. The highest BCUT2D eigenvalue weighted by molar-refractivity contribution is 5.90. The van der Waals surface area contributed by atoms with Crippen LogP contribution in [0.15, 0.2) is 140 Å². The topological polar surface area (TPSA) is 61.8 Å². The van der Waals surface area contributed by atoms with Crippen LogP contribution >= 0.6 is 0 Å². The Kier molecular flexibility index (Phi) is 9.40. The molecule has 5 heteroatoms. The van der Waals surface area contributed by atoms with Crippen LogP contribution in [0.4, 0.5) is 0 Å². The first kappa shape index (κ1) is 26.6. The summed E-state index contributed by atoms with van der Waals surface area (Å²) in [6.45, 7) is 3.93. The average Bonchev–Trinajstić information content (AvgIpc) is 2.95. The van der Waals surface area contributed by atoms with Crippen molar-refractivity contribution in [3.8, 4) is 17.2 Å². The largest absolute Gasteiger partial charge is 0.458 e. The number of benzene rings is 4. The summed E-state index contributed by atoms with van der Waals surface area (Å²) in [7, 11) is 0. The summed E-state index contributed by atoms with van der Waals surface area (Å²) < 4.78 is 16.8. The van der Waals surface area contributed by atoms with E-state index in [0.717, 1.165) is 16.7 Å². The van der Waals surface area contributed by atoms with Gasteiger partial charge in [-0.1, -0.05) is 104 Å². The Morgan fingerprint density at radius 1 is 0.487 bits per heavy atom. The maximum Gasteiger partial charge on any atom is 0.336 e. The van der Waals surface area contributed by atoms with Crippen molar-refractivity contribution in [2.24, 2.45) is 0 Å². The first-order valence-corrected chi connectivity index (χ1v) is 12.2. The number of ether oxygens (including phenoxy) is 3. The van der Waals surface area contributed by atoms with E-state index < -0.39 is 11.9 Å². The summed E-state index contributed by atoms with van der Waals surface area (Å²) in [4.78, 5) is 24.9. The quantitative estimate of drug-likeness (QED) is 0.0720. The molecule has 4 aromatic rings. The molecule has 192 valence electrons. The fourth-order valence-electron chi connectivity index (χ4n) is 3.42. The van der Waals surface area contributed by atoms with Crippen LogP contribution in [0.3, 0.4) is 0 Å². The van der Waals surface area contributed by atoms with Crippen molar-refractivity contribution in [1.82, 2.24) is 0 Å². The third-order valence-corrected chi connectivity index (χ3v) is 5.22. The number of carbonyl (C=O) groups excluding carboxylic acids is 2. The van der Waals surface area contributed by atoms with Crippen molar-refractivity contribution in [3.63, 3.8) is 0 Å². The Bertz CT molecular complexity index is 1300. The molecule has 0 aliphatic rings. The molecule has 0 aliphatic carbocycles. The number of esters is 2. The summed E-state index contributed by atoms with van der Waals surface area (Å²) in [5.74, 6) is -0.285. The summed E-state index contributed by atoms with van der Waals surface area (Å²) in [6, 6.07) is 32.9. The maximum atomic E-state index is 12.5. The van der Waals surface area contributed by atoms with Crippen molar-refractivity contribution in [2.75, 3.05) is 0 Å². The van der Waals surface area contributed by atoms with Crippen LogP contribution < -0.4 is 14.2 Å². The zero-order chi connectivity index (χ0) is 27.3. The van der Waals surface area contributed by atoms with Crippen LogP contribution in [0.2, 0.25) is 0 Å². The fraction of sp³-hybridized carbons (Fsp3) is 0. The van der Waals surface area contributed by atoms with Crippen LogP contribution in [0.25, 0.3) is 18.2 Å². The van der Waals surface area contributed by atoms with E-state index in [9.17, 15) is 9.59 Å². The minimum atomic E-state index is -0.597. The van der Waals surface area contributed by atoms with E-state index in [1.807, 2.05) is 97.1 Å². The minimum Gasteiger partial charge on any atom is -0.458 e. The normalized spacial score (nSPS) is 11.1. The summed E-state index contributed by atoms with van der Waals surface area (Å²) >= 11 is 0. The van der Waals surface area contributed by atoms with E-state index >= 15 is 0 Å². The van der Waals surface area contributed by atoms with Crippen molar-refractivity contribution in [3.05, 3.63) is 156 Å². The molecule has 0 aromatic heterocycles. The second kappa shape index (κ2) is 13.8. The van der Waals surface area contributed by atoms with E-state index in [-0.39, 0.29) is 17.2 Å². The van der Waals surface area contributed by atoms with Gasteiger partial charge < -0.3 is 14.2 Å². The van der Waals surface area contributed by atoms with Gasteiger partial charge in [0.15, 0.2) is 0 Å². The van der Waals surface area contributed by atoms with Gasteiger partial charge in [-0.3, -0.25) is 0 Å². The van der Waals surface area contributed by atoms with Gasteiger partial charge in [0.05, 0.1) is 0 Å². The highest BCUT2D eigenvalue weighted by Crippen LogP contribution is 2.30. The molecule has 0 saturated heterocycles. The number of rotatable bonds is 10. The van der Waals surface area contributed by atoms with Crippen molar-refractivity contribution in [2.45, 2.75) is 0 Å². The molecule has 4 rings (SSSR count). The highest BCUT2D eigenvalue weighted by atomic mass is 16.5. The summed E-state index contributed by atoms with van der Waals surface area (Å²) in [6.07, 6.45) is 9.50. The lowest BCUT2D eigenvalue weighted by molar-refractivity contribution is -0.129. The predicted octanol–water partition coefficient (Wildman–Crippen LogP) is 7.53. The first-order valence-electron chi connectivity index (χ1n) is 12.2. The van der Waals surface area contributed by atoms with Gasteiger partial charge in [0.1, 0.15) is 23.0 Å². The van der Waals surface area contributed by atoms with Crippen molar-refractivity contribution < 1.29 is 23.8 Å². The molecule has 0 fully saturated rings. The average molecular weight is 515 g/mol. The molecule has 0 bridgehead atoms. The number of allylic oxidation sites excluding steroid dienone is 1. The molecule has 0 unspecified atom stereocenters. The third-order valence-electron chi connectivity index (χ3n) is 5.22. The Morgan fingerprint density at radius 2 is 0.821 bits per heavy atom. The van der Waals surface area contributed by atoms with E-state index in [0.29, 0.717) is 5.76 Å². The monoisotopic (exact) mass is 514 g/mol. The van der Waals surface area contributed by atoms with Gasteiger partial charge in [0, 0.05) is 30.4 Å². The molecule has 4 aromatic carbocycles. The number of carbonyl (C=O) groups is 2. The van der Waals surface area contributed by atoms with Crippen LogP contribution in [0.1, 0.15) is 16.7 Å². The second-order valence-corrected chi connectivity index (χ2v) is 8.28. The standard InChI is InChI=1S/C34H26O5/c1-26(17-18-27-11-5-2-6-12-27)37-30-23-31(38-33(35)21-19-28-13-7-3-8-14-28)25-32(24-30)39-34(36)22-20-29-15-9-4-10-16-29/h2-25H,1H2/b18-17+,21-19+,22-20+. The fourth-order valence-corrected chi connectivity index (χ4v) is 3.42. The summed E-state index contributed by atoms with van der Waals surface area (Å²) in [5.41, 5.74) is 2.69. The maximum absolute atomic E-state index is 12.5. The van der Waals surface area contributed by atoms with Crippen LogP contribution in [-0.4, -0.2) is 11.9 Å². The third kappa shape index (κ3) is 9.19. The van der Waals surface area contributed by atoms with Gasteiger partial charge in [0.25, 0.3) is 0 Å².